The minimum Gasteiger partial charge on any atom is -0.469 e. The van der Waals surface area contributed by atoms with Crippen molar-refractivity contribution in [3.05, 3.63) is 23.2 Å². The van der Waals surface area contributed by atoms with Crippen LogP contribution in [0.25, 0.3) is 0 Å². The number of ether oxygens (including phenoxy) is 1. The summed E-state index contributed by atoms with van der Waals surface area (Å²) in [5, 5.41) is 8.84. The van der Waals surface area contributed by atoms with Gasteiger partial charge in [0, 0.05) is 18.2 Å². The van der Waals surface area contributed by atoms with E-state index in [1.165, 1.54) is 0 Å². The second-order valence-electron chi connectivity index (χ2n) is 2.39. The van der Waals surface area contributed by atoms with Gasteiger partial charge in [0.25, 0.3) is 0 Å². The van der Waals surface area contributed by atoms with E-state index >= 15 is 0 Å². The Morgan fingerprint density at radius 3 is 2.91 bits per heavy atom. The van der Waals surface area contributed by atoms with Gasteiger partial charge >= 0.3 is 0 Å². The molecule has 1 aromatic rings. The van der Waals surface area contributed by atoms with Gasteiger partial charge in [-0.15, -0.1) is 0 Å². The van der Waals surface area contributed by atoms with Gasteiger partial charge in [0.2, 0.25) is 0 Å². The highest BCUT2D eigenvalue weighted by atomic mass is 16.5. The molecule has 0 fully saturated rings. The Balaban J connectivity index is 2.88. The van der Waals surface area contributed by atoms with Gasteiger partial charge in [-0.1, -0.05) is 0 Å². The molecule has 0 unspecified atom stereocenters. The molecule has 0 aliphatic carbocycles. The van der Waals surface area contributed by atoms with Crippen LogP contribution in [0.3, 0.4) is 0 Å². The van der Waals surface area contributed by atoms with E-state index in [4.69, 9.17) is 14.3 Å². The molecule has 0 radical (unpaired) electrons. The van der Waals surface area contributed by atoms with Crippen LogP contribution in [0.2, 0.25) is 0 Å². The normalized spacial score (nSPS) is 10.5. The molecule has 3 nitrogen and oxygen atoms in total. The lowest BCUT2D eigenvalue weighted by molar-refractivity contribution is 0.180. The summed E-state index contributed by atoms with van der Waals surface area (Å²) < 4.78 is 10.0. The summed E-state index contributed by atoms with van der Waals surface area (Å²) in [5.41, 5.74) is 1.76. The maximum atomic E-state index is 8.84. The fourth-order valence-corrected chi connectivity index (χ4v) is 0.999. The molecule has 0 aliphatic heterocycles. The zero-order valence-electron chi connectivity index (χ0n) is 6.76. The van der Waals surface area contributed by atoms with Gasteiger partial charge in [-0.2, -0.15) is 0 Å². The zero-order valence-corrected chi connectivity index (χ0v) is 6.76. The first-order valence-corrected chi connectivity index (χ1v) is 3.45. The van der Waals surface area contributed by atoms with E-state index in [1.807, 2.05) is 6.92 Å². The van der Waals surface area contributed by atoms with Gasteiger partial charge in [-0.3, -0.25) is 0 Å². The molecule has 0 aromatic carbocycles. The van der Waals surface area contributed by atoms with Crippen molar-refractivity contribution in [2.45, 2.75) is 20.1 Å². The number of methoxy groups -OCH3 is 1. The molecule has 1 heterocycles. The molecule has 1 aromatic heterocycles. The molecule has 0 saturated carbocycles. The summed E-state index contributed by atoms with van der Waals surface area (Å²) in [5.74, 6) is 0.816. The molecule has 0 spiro atoms. The third-order valence-corrected chi connectivity index (χ3v) is 1.65. The zero-order chi connectivity index (χ0) is 8.27. The molecule has 0 amide bonds. The van der Waals surface area contributed by atoms with Gasteiger partial charge in [0.15, 0.2) is 0 Å². The minimum atomic E-state index is 0.00995. The second kappa shape index (κ2) is 3.55. The van der Waals surface area contributed by atoms with E-state index in [2.05, 4.69) is 0 Å². The number of aliphatic hydroxyl groups is 1. The van der Waals surface area contributed by atoms with Crippen LogP contribution in [0.4, 0.5) is 0 Å². The van der Waals surface area contributed by atoms with Crippen molar-refractivity contribution in [3.63, 3.8) is 0 Å². The van der Waals surface area contributed by atoms with E-state index in [0.29, 0.717) is 6.61 Å². The predicted octanol–water partition coefficient (Wildman–Crippen LogP) is 1.23. The first kappa shape index (κ1) is 8.30. The average Bonchev–Trinajstić information content (AvgIpc) is 2.34. The van der Waals surface area contributed by atoms with Gasteiger partial charge in [0.1, 0.15) is 5.76 Å². The quantitative estimate of drug-likeness (QED) is 0.715. The molecule has 0 atom stereocenters. The highest BCUT2D eigenvalue weighted by Crippen LogP contribution is 2.16. The van der Waals surface area contributed by atoms with Crippen LogP contribution in [0.15, 0.2) is 10.7 Å². The highest BCUT2D eigenvalue weighted by Gasteiger charge is 2.07. The predicted molar refractivity (Wildman–Crippen MR) is 40.1 cm³/mol. The Kier molecular flexibility index (Phi) is 2.68. The molecule has 11 heavy (non-hydrogen) atoms. The number of aryl methyl sites for hydroxylation is 1. The summed E-state index contributed by atoms with van der Waals surface area (Å²) >= 11 is 0. The molecule has 0 bridgehead atoms. The fourth-order valence-electron chi connectivity index (χ4n) is 0.999. The Hall–Kier alpha value is -0.800. The molecular formula is C8H12O3. The standard InChI is InChI=1S/C8H12O3/c1-6-8(5-10-2)7(3-9)4-11-6/h4,9H,3,5H2,1-2H3. The van der Waals surface area contributed by atoms with Crippen LogP contribution < -0.4 is 0 Å². The second-order valence-corrected chi connectivity index (χ2v) is 2.39. The van der Waals surface area contributed by atoms with Crippen molar-refractivity contribution in [2.75, 3.05) is 7.11 Å². The minimum absolute atomic E-state index is 0.00995. The summed E-state index contributed by atoms with van der Waals surface area (Å²) in [6, 6.07) is 0. The fraction of sp³-hybridized carbons (Fsp3) is 0.500. The lowest BCUT2D eigenvalue weighted by atomic mass is 10.2. The summed E-state index contributed by atoms with van der Waals surface area (Å²) in [6.07, 6.45) is 1.56. The van der Waals surface area contributed by atoms with E-state index < -0.39 is 0 Å². The summed E-state index contributed by atoms with van der Waals surface area (Å²) in [7, 11) is 1.62. The lowest BCUT2D eigenvalue weighted by Crippen LogP contribution is -1.92. The van der Waals surface area contributed by atoms with Crippen LogP contribution in [-0.4, -0.2) is 12.2 Å². The molecule has 1 rings (SSSR count). The van der Waals surface area contributed by atoms with Gasteiger partial charge in [-0.05, 0) is 6.92 Å². The van der Waals surface area contributed by atoms with E-state index in [9.17, 15) is 0 Å². The van der Waals surface area contributed by atoms with Crippen LogP contribution in [0.5, 0.6) is 0 Å². The number of furan rings is 1. The van der Waals surface area contributed by atoms with Crippen molar-refractivity contribution in [3.8, 4) is 0 Å². The number of hydrogen-bond donors (Lipinski definition) is 1. The Bertz CT molecular complexity index is 227. The van der Waals surface area contributed by atoms with Crippen molar-refractivity contribution >= 4 is 0 Å². The monoisotopic (exact) mass is 156 g/mol. The van der Waals surface area contributed by atoms with Crippen LogP contribution >= 0.6 is 0 Å². The molecule has 0 aliphatic rings. The number of aliphatic hydroxyl groups excluding tert-OH is 1. The van der Waals surface area contributed by atoms with Crippen molar-refractivity contribution in [1.82, 2.24) is 0 Å². The van der Waals surface area contributed by atoms with Gasteiger partial charge < -0.3 is 14.3 Å². The molecular weight excluding hydrogens is 144 g/mol. The maximum absolute atomic E-state index is 8.84. The van der Waals surface area contributed by atoms with Gasteiger partial charge in [0.05, 0.1) is 19.5 Å². The largest absolute Gasteiger partial charge is 0.469 e. The van der Waals surface area contributed by atoms with Crippen LogP contribution in [0.1, 0.15) is 16.9 Å². The van der Waals surface area contributed by atoms with Gasteiger partial charge in [-0.25, -0.2) is 0 Å². The topological polar surface area (TPSA) is 42.6 Å². The molecule has 3 heteroatoms. The van der Waals surface area contributed by atoms with Crippen LogP contribution in [0, 0.1) is 6.92 Å². The Morgan fingerprint density at radius 2 is 2.36 bits per heavy atom. The van der Waals surface area contributed by atoms with Crippen molar-refractivity contribution in [2.24, 2.45) is 0 Å². The number of rotatable bonds is 3. The molecule has 0 saturated heterocycles. The number of hydrogen-bond acceptors (Lipinski definition) is 3. The first-order valence-electron chi connectivity index (χ1n) is 3.45. The summed E-state index contributed by atoms with van der Waals surface area (Å²) in [4.78, 5) is 0. The third-order valence-electron chi connectivity index (χ3n) is 1.65. The molecule has 1 N–H and O–H groups in total. The molecule has 62 valence electrons. The maximum Gasteiger partial charge on any atom is 0.106 e. The third kappa shape index (κ3) is 1.61. The Labute approximate surface area is 65.6 Å². The van der Waals surface area contributed by atoms with E-state index in [-0.39, 0.29) is 6.61 Å². The summed E-state index contributed by atoms with van der Waals surface area (Å²) in [6.45, 7) is 2.36. The van der Waals surface area contributed by atoms with Crippen molar-refractivity contribution < 1.29 is 14.3 Å². The van der Waals surface area contributed by atoms with E-state index in [0.717, 1.165) is 16.9 Å². The lowest BCUT2D eigenvalue weighted by Gasteiger charge is -1.98. The van der Waals surface area contributed by atoms with E-state index in [1.54, 1.807) is 13.4 Å². The first-order chi connectivity index (χ1) is 5.29. The van der Waals surface area contributed by atoms with Crippen LogP contribution in [-0.2, 0) is 18.0 Å². The SMILES string of the molecule is COCc1c(CO)coc1C. The average molecular weight is 156 g/mol. The highest BCUT2D eigenvalue weighted by molar-refractivity contribution is 5.25. The smallest absolute Gasteiger partial charge is 0.106 e. The van der Waals surface area contributed by atoms with Crippen molar-refractivity contribution in [1.29, 1.82) is 0 Å². The Morgan fingerprint density at radius 1 is 1.64 bits per heavy atom.